The van der Waals surface area contributed by atoms with Crippen LogP contribution in [0.1, 0.15) is 87.4 Å². The van der Waals surface area contributed by atoms with Crippen molar-refractivity contribution in [3.63, 3.8) is 0 Å². The number of fused-ring (bicyclic) bond motifs is 2. The Labute approximate surface area is 204 Å². The largest absolute Gasteiger partial charge is 0.506 e. The maximum Gasteiger partial charge on any atom is 0.193 e. The molecule has 4 aromatic rings. The van der Waals surface area contributed by atoms with Gasteiger partial charge in [-0.25, -0.2) is 4.98 Å². The number of hydrogen-bond donors (Lipinski definition) is 1. The van der Waals surface area contributed by atoms with Gasteiger partial charge in [0.15, 0.2) is 17.3 Å². The molecule has 5 heteroatoms. The van der Waals surface area contributed by atoms with E-state index in [9.17, 15) is 19.5 Å². The van der Waals surface area contributed by atoms with E-state index in [1.54, 1.807) is 36.4 Å². The van der Waals surface area contributed by atoms with E-state index in [4.69, 9.17) is 0 Å². The zero-order valence-corrected chi connectivity index (χ0v) is 20.2. The zero-order chi connectivity index (χ0) is 25.3. The van der Waals surface area contributed by atoms with Crippen molar-refractivity contribution >= 4 is 28.3 Å². The van der Waals surface area contributed by atoms with Gasteiger partial charge in [0.1, 0.15) is 17.4 Å². The number of carbonyl (C=O) groups excluding carboxylic acids is 3. The predicted molar refractivity (Wildman–Crippen MR) is 137 cm³/mol. The van der Waals surface area contributed by atoms with Gasteiger partial charge in [0, 0.05) is 27.6 Å². The van der Waals surface area contributed by atoms with Crippen LogP contribution in [0.3, 0.4) is 0 Å². The zero-order valence-electron chi connectivity index (χ0n) is 20.2. The van der Waals surface area contributed by atoms with E-state index in [0.717, 1.165) is 10.9 Å². The number of hydrogen-bond acceptors (Lipinski definition) is 5. The molecular formula is C30H27NO4. The van der Waals surface area contributed by atoms with Gasteiger partial charge < -0.3 is 5.11 Å². The summed E-state index contributed by atoms with van der Waals surface area (Å²) in [5, 5.41) is 11.4. The van der Waals surface area contributed by atoms with Crippen LogP contribution >= 0.6 is 0 Å². The molecule has 0 spiro atoms. The SMILES string of the molecule is CC.CC(C)c1ccc2nc(C3C(=O)c4ccc(C(=O)c5ccccc5)cc4C3=O)c(O)cc2c1. The van der Waals surface area contributed by atoms with Gasteiger partial charge in [-0.1, -0.05) is 70.2 Å². The summed E-state index contributed by atoms with van der Waals surface area (Å²) in [7, 11) is 0. The molecule has 5 nitrogen and oxygen atoms in total. The van der Waals surface area contributed by atoms with Gasteiger partial charge in [0.2, 0.25) is 0 Å². The highest BCUT2D eigenvalue weighted by molar-refractivity contribution is 6.30. The van der Waals surface area contributed by atoms with Crippen molar-refractivity contribution in [1.29, 1.82) is 0 Å². The van der Waals surface area contributed by atoms with E-state index in [2.05, 4.69) is 18.8 Å². The number of rotatable bonds is 4. The fraction of sp³-hybridized carbons (Fsp3) is 0.200. The van der Waals surface area contributed by atoms with Crippen molar-refractivity contribution in [2.75, 3.05) is 0 Å². The summed E-state index contributed by atoms with van der Waals surface area (Å²) < 4.78 is 0. The van der Waals surface area contributed by atoms with E-state index in [0.29, 0.717) is 22.6 Å². The van der Waals surface area contributed by atoms with Crippen LogP contribution in [0, 0.1) is 0 Å². The van der Waals surface area contributed by atoms with E-state index < -0.39 is 17.5 Å². The second-order valence-electron chi connectivity index (χ2n) is 8.62. The first kappa shape index (κ1) is 24.0. The second-order valence-corrected chi connectivity index (χ2v) is 8.62. The Morgan fingerprint density at radius 3 is 2.20 bits per heavy atom. The molecule has 0 saturated heterocycles. The molecule has 5 rings (SSSR count). The van der Waals surface area contributed by atoms with E-state index in [1.807, 2.05) is 38.1 Å². The number of benzene rings is 3. The third kappa shape index (κ3) is 4.26. The minimum absolute atomic E-state index is 0.0435. The predicted octanol–water partition coefficient (Wildman–Crippen LogP) is 6.48. The van der Waals surface area contributed by atoms with E-state index in [-0.39, 0.29) is 28.4 Å². The highest BCUT2D eigenvalue weighted by Crippen LogP contribution is 2.38. The van der Waals surface area contributed by atoms with Gasteiger partial charge in [-0.05, 0) is 41.8 Å². The molecule has 1 N–H and O–H groups in total. The quantitative estimate of drug-likeness (QED) is 0.275. The summed E-state index contributed by atoms with van der Waals surface area (Å²) in [4.78, 5) is 43.7. The van der Waals surface area contributed by atoms with Crippen molar-refractivity contribution in [3.05, 3.63) is 106 Å². The lowest BCUT2D eigenvalue weighted by Gasteiger charge is -2.12. The maximum absolute atomic E-state index is 13.3. The normalized spacial score (nSPS) is 14.6. The van der Waals surface area contributed by atoms with Gasteiger partial charge in [0.25, 0.3) is 0 Å². The average Bonchev–Trinajstić information content (AvgIpc) is 3.13. The van der Waals surface area contributed by atoms with Gasteiger partial charge in [0.05, 0.1) is 5.52 Å². The Bertz CT molecular complexity index is 1450. The number of pyridine rings is 1. The minimum Gasteiger partial charge on any atom is -0.506 e. The summed E-state index contributed by atoms with van der Waals surface area (Å²) in [5.41, 5.74) is 3.01. The summed E-state index contributed by atoms with van der Waals surface area (Å²) in [6.45, 7) is 8.15. The van der Waals surface area contributed by atoms with Crippen LogP contribution in [0.4, 0.5) is 0 Å². The third-order valence-corrected chi connectivity index (χ3v) is 6.16. The molecule has 0 bridgehead atoms. The molecule has 0 radical (unpaired) electrons. The molecular weight excluding hydrogens is 438 g/mol. The Kier molecular flexibility index (Phi) is 6.61. The van der Waals surface area contributed by atoms with Crippen LogP contribution in [-0.2, 0) is 0 Å². The fourth-order valence-electron chi connectivity index (χ4n) is 4.31. The van der Waals surface area contributed by atoms with E-state index >= 15 is 0 Å². The van der Waals surface area contributed by atoms with Crippen molar-refractivity contribution in [2.45, 2.75) is 39.5 Å². The van der Waals surface area contributed by atoms with Crippen molar-refractivity contribution in [1.82, 2.24) is 4.98 Å². The highest BCUT2D eigenvalue weighted by atomic mass is 16.3. The lowest BCUT2D eigenvalue weighted by atomic mass is 9.96. The number of nitrogens with zero attached hydrogens (tertiary/aromatic N) is 1. The first-order valence-electron chi connectivity index (χ1n) is 11.8. The number of aromatic hydroxyl groups is 1. The third-order valence-electron chi connectivity index (χ3n) is 6.16. The molecule has 0 fully saturated rings. The number of carbonyl (C=O) groups is 3. The summed E-state index contributed by atoms with van der Waals surface area (Å²) in [6, 6.07) is 20.6. The lowest BCUT2D eigenvalue weighted by Crippen LogP contribution is -2.15. The molecule has 1 aliphatic rings. The number of ketones is 3. The molecule has 1 heterocycles. The van der Waals surface area contributed by atoms with Crippen molar-refractivity contribution in [3.8, 4) is 5.75 Å². The smallest absolute Gasteiger partial charge is 0.193 e. The van der Waals surface area contributed by atoms with Crippen LogP contribution in [0.15, 0.2) is 72.8 Å². The first-order chi connectivity index (χ1) is 16.8. The van der Waals surface area contributed by atoms with Crippen LogP contribution in [0.25, 0.3) is 10.9 Å². The topological polar surface area (TPSA) is 84.3 Å². The number of aromatic nitrogens is 1. The molecule has 1 unspecified atom stereocenters. The second kappa shape index (κ2) is 9.63. The Morgan fingerprint density at radius 1 is 0.829 bits per heavy atom. The van der Waals surface area contributed by atoms with Crippen LogP contribution in [0.5, 0.6) is 5.75 Å². The molecule has 3 aromatic carbocycles. The van der Waals surface area contributed by atoms with Crippen LogP contribution in [0.2, 0.25) is 0 Å². The van der Waals surface area contributed by atoms with Crippen molar-refractivity contribution < 1.29 is 19.5 Å². The molecule has 0 saturated carbocycles. The summed E-state index contributed by atoms with van der Waals surface area (Å²) in [5.74, 6) is -2.21. The number of Topliss-reactive ketones (excluding diaryl/α,β-unsaturated/α-hetero) is 2. The average molecular weight is 466 g/mol. The standard InChI is InChI=1S/C28H21NO4.C2H6/c1-15(2)17-9-11-22-19(12-17)14-23(30)25(29-22)24-27(32)20-10-8-18(13-21(20)28(24)33)26(31)16-6-4-3-5-7-16;1-2/h3-15,24,30H,1-2H3;1-2H3. The van der Waals surface area contributed by atoms with Crippen molar-refractivity contribution in [2.24, 2.45) is 0 Å². The van der Waals surface area contributed by atoms with Gasteiger partial charge in [-0.15, -0.1) is 0 Å². The molecule has 1 aliphatic carbocycles. The fourth-order valence-corrected chi connectivity index (χ4v) is 4.31. The molecule has 35 heavy (non-hydrogen) atoms. The van der Waals surface area contributed by atoms with Gasteiger partial charge in [-0.3, -0.25) is 14.4 Å². The molecule has 0 amide bonds. The van der Waals surface area contributed by atoms with Gasteiger partial charge in [-0.2, -0.15) is 0 Å². The molecule has 1 aromatic heterocycles. The monoisotopic (exact) mass is 465 g/mol. The lowest BCUT2D eigenvalue weighted by molar-refractivity contribution is 0.0885. The van der Waals surface area contributed by atoms with Gasteiger partial charge >= 0.3 is 0 Å². The highest BCUT2D eigenvalue weighted by Gasteiger charge is 2.42. The molecule has 176 valence electrons. The first-order valence-corrected chi connectivity index (χ1v) is 11.8. The molecule has 0 aliphatic heterocycles. The minimum atomic E-state index is -1.23. The maximum atomic E-state index is 13.3. The summed E-state index contributed by atoms with van der Waals surface area (Å²) >= 11 is 0. The Morgan fingerprint density at radius 2 is 1.51 bits per heavy atom. The summed E-state index contributed by atoms with van der Waals surface area (Å²) in [6.07, 6.45) is 0. The Balaban J connectivity index is 0.00000141. The van der Waals surface area contributed by atoms with Crippen LogP contribution < -0.4 is 0 Å². The van der Waals surface area contributed by atoms with E-state index in [1.165, 1.54) is 12.1 Å². The van der Waals surface area contributed by atoms with Crippen LogP contribution in [-0.4, -0.2) is 27.4 Å². The Hall–Kier alpha value is -4.12. The molecule has 1 atom stereocenters.